The third-order valence-electron chi connectivity index (χ3n) is 4.21. The van der Waals surface area contributed by atoms with Crippen molar-refractivity contribution in [1.29, 1.82) is 0 Å². The molecule has 0 aromatic heterocycles. The van der Waals surface area contributed by atoms with E-state index in [1.807, 2.05) is 6.92 Å². The molecule has 0 bridgehead atoms. The zero-order valence-corrected chi connectivity index (χ0v) is 17.0. The van der Waals surface area contributed by atoms with Gasteiger partial charge in [-0.2, -0.15) is 0 Å². The molecule has 0 heterocycles. The van der Waals surface area contributed by atoms with Gasteiger partial charge in [0.25, 0.3) is 15.9 Å². The van der Waals surface area contributed by atoms with Crippen LogP contribution >= 0.6 is 0 Å². The standard InChI is InChI=1S/C22H22N2O4S/c1-3-28-19-12-10-18(11-13-19)23-22(25)17-9-14-21(16(2)15-17)24-29(26,27)20-7-5-4-6-8-20/h4-15,24H,3H2,1-2H3,(H,23,25). The highest BCUT2D eigenvalue weighted by atomic mass is 32.2. The topological polar surface area (TPSA) is 84.5 Å². The van der Waals surface area contributed by atoms with Gasteiger partial charge in [-0.15, -0.1) is 0 Å². The minimum absolute atomic E-state index is 0.178. The second-order valence-corrected chi connectivity index (χ2v) is 8.04. The molecular weight excluding hydrogens is 388 g/mol. The van der Waals surface area contributed by atoms with E-state index in [0.29, 0.717) is 29.1 Å². The maximum absolute atomic E-state index is 12.5. The third-order valence-corrected chi connectivity index (χ3v) is 5.59. The summed E-state index contributed by atoms with van der Waals surface area (Å²) in [5.74, 6) is 0.450. The Morgan fingerprint density at radius 3 is 2.28 bits per heavy atom. The first kappa shape index (κ1) is 20.4. The van der Waals surface area contributed by atoms with E-state index in [9.17, 15) is 13.2 Å². The molecule has 0 aliphatic rings. The lowest BCUT2D eigenvalue weighted by Gasteiger charge is -2.12. The first-order chi connectivity index (χ1) is 13.9. The highest BCUT2D eigenvalue weighted by Gasteiger charge is 2.16. The summed E-state index contributed by atoms with van der Waals surface area (Å²) in [4.78, 5) is 12.7. The Kier molecular flexibility index (Phi) is 6.19. The average Bonchev–Trinajstić information content (AvgIpc) is 2.71. The van der Waals surface area contributed by atoms with E-state index in [4.69, 9.17) is 4.74 Å². The van der Waals surface area contributed by atoms with Gasteiger partial charge in [0, 0.05) is 11.3 Å². The molecule has 0 spiro atoms. The average molecular weight is 410 g/mol. The lowest BCUT2D eigenvalue weighted by atomic mass is 10.1. The van der Waals surface area contributed by atoms with Crippen molar-refractivity contribution in [2.45, 2.75) is 18.7 Å². The monoisotopic (exact) mass is 410 g/mol. The molecule has 0 saturated heterocycles. The van der Waals surface area contributed by atoms with Crippen LogP contribution in [-0.4, -0.2) is 20.9 Å². The summed E-state index contributed by atoms with van der Waals surface area (Å²) in [6.07, 6.45) is 0. The molecule has 0 aliphatic carbocycles. The molecule has 1 amide bonds. The quantitative estimate of drug-likeness (QED) is 0.603. The number of aryl methyl sites for hydroxylation is 1. The number of sulfonamides is 1. The molecule has 150 valence electrons. The Hall–Kier alpha value is -3.32. The van der Waals surface area contributed by atoms with Gasteiger partial charge < -0.3 is 10.1 Å². The largest absolute Gasteiger partial charge is 0.494 e. The second kappa shape index (κ2) is 8.79. The van der Waals surface area contributed by atoms with E-state index in [2.05, 4.69) is 10.0 Å². The van der Waals surface area contributed by atoms with Crippen molar-refractivity contribution in [1.82, 2.24) is 0 Å². The fourth-order valence-electron chi connectivity index (χ4n) is 2.73. The van der Waals surface area contributed by atoms with Crippen LogP contribution < -0.4 is 14.8 Å². The summed E-state index contributed by atoms with van der Waals surface area (Å²) in [6.45, 7) is 4.23. The molecule has 0 unspecified atom stereocenters. The van der Waals surface area contributed by atoms with E-state index in [-0.39, 0.29) is 10.8 Å². The predicted molar refractivity (Wildman–Crippen MR) is 114 cm³/mol. The van der Waals surface area contributed by atoms with Gasteiger partial charge in [-0.25, -0.2) is 8.42 Å². The molecule has 2 N–H and O–H groups in total. The number of nitrogens with one attached hydrogen (secondary N) is 2. The third kappa shape index (κ3) is 5.14. The molecule has 3 rings (SSSR count). The van der Waals surface area contributed by atoms with E-state index in [1.165, 1.54) is 12.1 Å². The van der Waals surface area contributed by atoms with E-state index in [1.54, 1.807) is 67.6 Å². The Labute approximate surface area is 170 Å². The lowest BCUT2D eigenvalue weighted by Crippen LogP contribution is -2.15. The summed E-state index contributed by atoms with van der Waals surface area (Å²) in [6, 6.07) is 20.0. The van der Waals surface area contributed by atoms with Crippen LogP contribution in [-0.2, 0) is 10.0 Å². The zero-order chi connectivity index (χ0) is 20.9. The lowest BCUT2D eigenvalue weighted by molar-refractivity contribution is 0.102. The number of anilines is 2. The molecule has 0 fully saturated rings. The Bertz CT molecular complexity index is 1100. The number of carbonyl (C=O) groups excluding carboxylic acids is 1. The molecule has 29 heavy (non-hydrogen) atoms. The summed E-state index contributed by atoms with van der Waals surface area (Å²) in [5, 5.41) is 2.82. The van der Waals surface area contributed by atoms with Crippen molar-refractivity contribution >= 4 is 27.3 Å². The van der Waals surface area contributed by atoms with Crippen LogP contribution in [0.2, 0.25) is 0 Å². The predicted octanol–water partition coefficient (Wildman–Crippen LogP) is 4.45. The highest BCUT2D eigenvalue weighted by molar-refractivity contribution is 7.92. The van der Waals surface area contributed by atoms with Crippen molar-refractivity contribution < 1.29 is 17.9 Å². The van der Waals surface area contributed by atoms with Crippen molar-refractivity contribution in [2.75, 3.05) is 16.6 Å². The molecule has 0 saturated carbocycles. The van der Waals surface area contributed by atoms with Gasteiger partial charge in [-0.05, 0) is 74.0 Å². The number of carbonyl (C=O) groups is 1. The van der Waals surface area contributed by atoms with Gasteiger partial charge in [0.05, 0.1) is 17.2 Å². The maximum Gasteiger partial charge on any atom is 0.261 e. The maximum atomic E-state index is 12.5. The Balaban J connectivity index is 1.72. The zero-order valence-electron chi connectivity index (χ0n) is 16.2. The molecule has 0 atom stereocenters. The Morgan fingerprint density at radius 2 is 1.66 bits per heavy atom. The van der Waals surface area contributed by atoms with E-state index < -0.39 is 10.0 Å². The minimum atomic E-state index is -3.69. The van der Waals surface area contributed by atoms with Crippen LogP contribution in [0.3, 0.4) is 0 Å². The van der Waals surface area contributed by atoms with E-state index in [0.717, 1.165) is 5.75 Å². The normalized spacial score (nSPS) is 11.0. The highest BCUT2D eigenvalue weighted by Crippen LogP contribution is 2.22. The first-order valence-electron chi connectivity index (χ1n) is 9.12. The van der Waals surface area contributed by atoms with Crippen molar-refractivity contribution in [3.05, 3.63) is 83.9 Å². The fraction of sp³-hybridized carbons (Fsp3) is 0.136. The fourth-order valence-corrected chi connectivity index (χ4v) is 3.88. The SMILES string of the molecule is CCOc1ccc(NC(=O)c2ccc(NS(=O)(=O)c3ccccc3)c(C)c2)cc1. The van der Waals surface area contributed by atoms with Gasteiger partial charge in [-0.1, -0.05) is 18.2 Å². The van der Waals surface area contributed by atoms with Gasteiger partial charge in [0.1, 0.15) is 5.75 Å². The molecule has 6 nitrogen and oxygen atoms in total. The summed E-state index contributed by atoms with van der Waals surface area (Å²) in [7, 11) is -3.69. The van der Waals surface area contributed by atoms with Crippen LogP contribution in [0.15, 0.2) is 77.7 Å². The van der Waals surface area contributed by atoms with Crippen molar-refractivity contribution in [2.24, 2.45) is 0 Å². The van der Waals surface area contributed by atoms with Crippen molar-refractivity contribution in [3.8, 4) is 5.75 Å². The van der Waals surface area contributed by atoms with Crippen LogP contribution in [0, 0.1) is 6.92 Å². The second-order valence-electron chi connectivity index (χ2n) is 6.36. The van der Waals surface area contributed by atoms with E-state index >= 15 is 0 Å². The first-order valence-corrected chi connectivity index (χ1v) is 10.6. The number of rotatable bonds is 7. The van der Waals surface area contributed by atoms with Gasteiger partial charge in [0.2, 0.25) is 0 Å². The van der Waals surface area contributed by atoms with Crippen LogP contribution in [0.5, 0.6) is 5.75 Å². The van der Waals surface area contributed by atoms with Gasteiger partial charge in [0.15, 0.2) is 0 Å². The molecular formula is C22H22N2O4S. The summed E-state index contributed by atoms with van der Waals surface area (Å²) in [5.41, 5.74) is 2.14. The molecule has 7 heteroatoms. The molecule has 3 aromatic carbocycles. The summed E-state index contributed by atoms with van der Waals surface area (Å²) < 4.78 is 32.9. The smallest absolute Gasteiger partial charge is 0.261 e. The van der Waals surface area contributed by atoms with Crippen LogP contribution in [0.1, 0.15) is 22.8 Å². The number of hydrogen-bond acceptors (Lipinski definition) is 4. The van der Waals surface area contributed by atoms with Gasteiger partial charge >= 0.3 is 0 Å². The molecule has 0 radical (unpaired) electrons. The number of ether oxygens (including phenoxy) is 1. The number of amides is 1. The number of hydrogen-bond donors (Lipinski definition) is 2. The van der Waals surface area contributed by atoms with Gasteiger partial charge in [-0.3, -0.25) is 9.52 Å². The molecule has 0 aliphatic heterocycles. The van der Waals surface area contributed by atoms with Crippen molar-refractivity contribution in [3.63, 3.8) is 0 Å². The molecule has 3 aromatic rings. The number of benzene rings is 3. The Morgan fingerprint density at radius 1 is 0.966 bits per heavy atom. The van der Waals surface area contributed by atoms with Crippen LogP contribution in [0.25, 0.3) is 0 Å². The van der Waals surface area contributed by atoms with Crippen LogP contribution in [0.4, 0.5) is 11.4 Å². The minimum Gasteiger partial charge on any atom is -0.494 e. The summed E-state index contributed by atoms with van der Waals surface area (Å²) >= 11 is 0.